The topological polar surface area (TPSA) is 40.8 Å². The number of aryl methyl sites for hydroxylation is 4. The minimum absolute atomic E-state index is 0. The van der Waals surface area contributed by atoms with Gasteiger partial charge in [-0.2, -0.15) is 17.7 Å². The first-order chi connectivity index (χ1) is 18.4. The zero-order valence-electron chi connectivity index (χ0n) is 21.5. The van der Waals surface area contributed by atoms with Gasteiger partial charge < -0.3 is 42.9 Å². The Morgan fingerprint density at radius 2 is 1.64 bits per heavy atom. The van der Waals surface area contributed by atoms with Crippen LogP contribution in [0.2, 0.25) is 0 Å². The average Bonchev–Trinajstić information content (AvgIpc) is 3.37. The fourth-order valence-electron chi connectivity index (χ4n) is 5.59. The molecule has 3 aromatic carbocycles. The minimum Gasteiger partial charge on any atom is -1.00 e. The monoisotopic (exact) mass is 649 g/mol. The van der Waals surface area contributed by atoms with Crippen molar-refractivity contribution in [3.63, 3.8) is 0 Å². The summed E-state index contributed by atoms with van der Waals surface area (Å²) in [5.41, 5.74) is 4.85. The Morgan fingerprint density at radius 3 is 2.33 bits per heavy atom. The Bertz CT molecular complexity index is 1540. The Hall–Kier alpha value is -3.21. The van der Waals surface area contributed by atoms with Crippen molar-refractivity contribution in [3.8, 4) is 34.3 Å². The lowest BCUT2D eigenvalue weighted by Crippen LogP contribution is -3.00. The molecule has 9 heteroatoms. The van der Waals surface area contributed by atoms with Crippen LogP contribution in [0.4, 0.5) is 13.2 Å². The summed E-state index contributed by atoms with van der Waals surface area (Å²) >= 11 is 0. The van der Waals surface area contributed by atoms with Crippen molar-refractivity contribution in [3.05, 3.63) is 77.0 Å². The van der Waals surface area contributed by atoms with Gasteiger partial charge in [-0.15, -0.1) is 0 Å². The molecule has 0 saturated heterocycles. The van der Waals surface area contributed by atoms with Gasteiger partial charge in [-0.25, -0.2) is 0 Å². The van der Waals surface area contributed by atoms with Crippen LogP contribution in [0.5, 0.6) is 23.0 Å². The largest absolute Gasteiger partial charge is 1.00 e. The molecule has 2 aliphatic rings. The van der Waals surface area contributed by atoms with Crippen LogP contribution in [-0.4, -0.2) is 21.0 Å². The normalized spacial score (nSPS) is 13.5. The van der Waals surface area contributed by atoms with Gasteiger partial charge in [0.25, 0.3) is 0 Å². The van der Waals surface area contributed by atoms with Crippen molar-refractivity contribution < 1.29 is 60.7 Å². The number of hydrogen-bond donors (Lipinski definition) is 0. The molecule has 6 rings (SSSR count). The molecule has 0 radical (unpaired) electrons. The van der Waals surface area contributed by atoms with Crippen LogP contribution in [0, 0.1) is 0 Å². The lowest BCUT2D eigenvalue weighted by Gasteiger charge is -2.21. The molecule has 3 heterocycles. The maximum atomic E-state index is 13.0. The summed E-state index contributed by atoms with van der Waals surface area (Å²) < 4.78 is 63.9. The van der Waals surface area contributed by atoms with Gasteiger partial charge in [-0.05, 0) is 66.8 Å². The molecule has 0 saturated carbocycles. The second-order valence-corrected chi connectivity index (χ2v) is 9.57. The van der Waals surface area contributed by atoms with E-state index in [1.165, 1.54) is 5.56 Å². The van der Waals surface area contributed by atoms with Crippen molar-refractivity contribution in [2.45, 2.75) is 38.4 Å². The fourth-order valence-corrected chi connectivity index (χ4v) is 5.59. The first-order valence-electron chi connectivity index (χ1n) is 12.6. The third-order valence-corrected chi connectivity index (χ3v) is 7.42. The predicted molar refractivity (Wildman–Crippen MR) is 136 cm³/mol. The predicted octanol–water partition coefficient (Wildman–Crippen LogP) is 3.29. The van der Waals surface area contributed by atoms with Gasteiger partial charge in [0.05, 0.1) is 30.7 Å². The first kappa shape index (κ1) is 27.4. The number of methoxy groups -OCH3 is 2. The average molecular weight is 649 g/mol. The summed E-state index contributed by atoms with van der Waals surface area (Å²) in [7, 11) is 3.26. The van der Waals surface area contributed by atoms with Crippen LogP contribution in [0.1, 0.15) is 28.7 Å². The molecule has 0 N–H and O–H groups in total. The van der Waals surface area contributed by atoms with Gasteiger partial charge in [0, 0.05) is 17.4 Å². The van der Waals surface area contributed by atoms with E-state index >= 15 is 0 Å². The molecular formula is C30H27F3INO4. The number of benzene rings is 3. The maximum Gasteiger partial charge on any atom is 0.416 e. The maximum absolute atomic E-state index is 13.0. The number of hydrogen-bond acceptors (Lipinski definition) is 4. The van der Waals surface area contributed by atoms with Crippen molar-refractivity contribution in [1.29, 1.82) is 0 Å². The molecule has 0 spiro atoms. The second-order valence-electron chi connectivity index (χ2n) is 9.57. The Kier molecular flexibility index (Phi) is 7.54. The van der Waals surface area contributed by atoms with Crippen molar-refractivity contribution >= 4 is 10.8 Å². The molecule has 0 aliphatic carbocycles. The van der Waals surface area contributed by atoms with Crippen LogP contribution < -0.4 is 47.5 Å². The highest BCUT2D eigenvalue weighted by Gasteiger charge is 2.32. The number of ether oxygens (including phenoxy) is 4. The lowest BCUT2D eigenvalue weighted by molar-refractivity contribution is -0.686. The Balaban J connectivity index is 0.00000308. The number of fused-ring (bicyclic) bond motifs is 5. The molecule has 0 bridgehead atoms. The van der Waals surface area contributed by atoms with Crippen LogP contribution in [0.25, 0.3) is 22.0 Å². The van der Waals surface area contributed by atoms with Gasteiger partial charge in [0.15, 0.2) is 35.7 Å². The molecule has 4 aromatic rings. The van der Waals surface area contributed by atoms with Crippen LogP contribution in [-0.2, 0) is 32.0 Å². The number of nitrogens with zero attached hydrogens (tertiary/aromatic N) is 1. The highest BCUT2D eigenvalue weighted by Crippen LogP contribution is 2.44. The molecule has 39 heavy (non-hydrogen) atoms. The zero-order chi connectivity index (χ0) is 26.4. The summed E-state index contributed by atoms with van der Waals surface area (Å²) in [4.78, 5) is 0. The molecule has 0 fully saturated rings. The Morgan fingerprint density at radius 1 is 0.897 bits per heavy atom. The van der Waals surface area contributed by atoms with Crippen molar-refractivity contribution in [2.24, 2.45) is 0 Å². The summed E-state index contributed by atoms with van der Waals surface area (Å²) in [6, 6.07) is 13.6. The van der Waals surface area contributed by atoms with Gasteiger partial charge >= 0.3 is 6.18 Å². The van der Waals surface area contributed by atoms with Crippen molar-refractivity contribution in [1.82, 2.24) is 0 Å². The van der Waals surface area contributed by atoms with E-state index < -0.39 is 11.7 Å². The molecule has 0 unspecified atom stereocenters. The zero-order valence-corrected chi connectivity index (χ0v) is 23.7. The second kappa shape index (κ2) is 10.7. The standard InChI is InChI=1S/C30H27F3NO4.HI/c1-35-25-11-10-21-22(5-3-4-18-6-8-20(9-7-18)30(31,32)33)28-23-15-27-26(37-17-38-27)14-19(23)12-13-34(28)16-24(21)29(25)36-2;/h6-11,14-16H,3-5,12-13,17H2,1-2H3;1H/q+1;/p-1. The quantitative estimate of drug-likeness (QED) is 0.238. The first-order valence-corrected chi connectivity index (χ1v) is 12.6. The molecule has 1 aromatic heterocycles. The van der Waals surface area contributed by atoms with E-state index in [0.29, 0.717) is 17.9 Å². The molecule has 0 amide bonds. The molecule has 2 aliphatic heterocycles. The van der Waals surface area contributed by atoms with E-state index in [2.05, 4.69) is 29.0 Å². The highest BCUT2D eigenvalue weighted by molar-refractivity contribution is 5.95. The van der Waals surface area contributed by atoms with Crippen molar-refractivity contribution in [2.75, 3.05) is 21.0 Å². The summed E-state index contributed by atoms with van der Waals surface area (Å²) in [5.74, 6) is 2.85. The van der Waals surface area contributed by atoms with E-state index in [0.717, 1.165) is 82.6 Å². The Labute approximate surface area is 241 Å². The van der Waals surface area contributed by atoms with Gasteiger partial charge in [0.1, 0.15) is 0 Å². The summed E-state index contributed by atoms with van der Waals surface area (Å²) in [6.07, 6.45) is 0.809. The van der Waals surface area contributed by atoms with Crippen LogP contribution >= 0.6 is 0 Å². The van der Waals surface area contributed by atoms with E-state index in [-0.39, 0.29) is 30.8 Å². The minimum atomic E-state index is -4.33. The van der Waals surface area contributed by atoms with E-state index in [9.17, 15) is 13.2 Å². The lowest BCUT2D eigenvalue weighted by atomic mass is 9.89. The molecule has 5 nitrogen and oxygen atoms in total. The molecule has 204 valence electrons. The molecular weight excluding hydrogens is 622 g/mol. The smallest absolute Gasteiger partial charge is 0.416 e. The SMILES string of the molecule is COc1ccc2c(CCCc3ccc(C(F)(F)F)cc3)c3[n+](cc2c1OC)CCc1cc2c(cc1-3)OCO2.[I-]. The number of aromatic nitrogens is 1. The summed E-state index contributed by atoms with van der Waals surface area (Å²) in [5, 5.41) is 2.02. The number of pyridine rings is 1. The van der Waals surface area contributed by atoms with E-state index in [4.69, 9.17) is 18.9 Å². The van der Waals surface area contributed by atoms with Gasteiger partial charge in [0.2, 0.25) is 12.5 Å². The van der Waals surface area contributed by atoms with Crippen LogP contribution in [0.15, 0.2) is 54.7 Å². The number of rotatable bonds is 6. The fraction of sp³-hybridized carbons (Fsp3) is 0.300. The third-order valence-electron chi connectivity index (χ3n) is 7.42. The highest BCUT2D eigenvalue weighted by atomic mass is 127. The van der Waals surface area contributed by atoms with E-state index in [1.807, 2.05) is 6.07 Å². The van der Waals surface area contributed by atoms with Gasteiger partial charge in [-0.3, -0.25) is 0 Å². The molecule has 0 atom stereocenters. The third kappa shape index (κ3) is 4.97. The van der Waals surface area contributed by atoms with Crippen LogP contribution in [0.3, 0.4) is 0 Å². The summed E-state index contributed by atoms with van der Waals surface area (Å²) in [6.45, 7) is 1.01. The van der Waals surface area contributed by atoms with Gasteiger partial charge in [-0.1, -0.05) is 12.1 Å². The van der Waals surface area contributed by atoms with E-state index in [1.54, 1.807) is 26.4 Å². The number of halogens is 4. The number of alkyl halides is 3.